The van der Waals surface area contributed by atoms with E-state index in [0.29, 0.717) is 17.1 Å². The average molecular weight is 305 g/mol. The van der Waals surface area contributed by atoms with E-state index in [-0.39, 0.29) is 13.1 Å². The molecule has 1 rings (SSSR count). The fraction of sp³-hybridized carbons (Fsp3) is 0.462. The summed E-state index contributed by atoms with van der Waals surface area (Å²) in [7, 11) is 1.42. The maximum atomic E-state index is 12.3. The molecule has 0 fully saturated rings. The Balaban J connectivity index is 2.70. The number of halogens is 3. The molecule has 1 aromatic carbocycles. The van der Waals surface area contributed by atoms with Gasteiger partial charge >= 0.3 is 6.18 Å². The molecule has 0 heterocycles. The molecule has 0 aromatic heterocycles. The molecule has 3 N–H and O–H groups in total. The number of carbonyl (C=O) groups is 1. The van der Waals surface area contributed by atoms with Gasteiger partial charge in [-0.3, -0.25) is 9.69 Å². The third kappa shape index (κ3) is 5.90. The lowest BCUT2D eigenvalue weighted by Gasteiger charge is -2.21. The SMILES string of the molecule is CCN(CC(=O)Nc1cc(N)ccc1OC)CC(F)(F)F. The van der Waals surface area contributed by atoms with Crippen molar-refractivity contribution in [2.45, 2.75) is 13.1 Å². The number of nitrogens with one attached hydrogen (secondary N) is 1. The Hall–Kier alpha value is -1.96. The molecule has 1 amide bonds. The monoisotopic (exact) mass is 305 g/mol. The van der Waals surface area contributed by atoms with Gasteiger partial charge in [0.25, 0.3) is 0 Å². The Morgan fingerprint density at radius 1 is 1.43 bits per heavy atom. The number of nitrogens with zero attached hydrogens (tertiary/aromatic N) is 1. The highest BCUT2D eigenvalue weighted by Crippen LogP contribution is 2.26. The topological polar surface area (TPSA) is 67.6 Å². The minimum atomic E-state index is -4.34. The normalized spacial score (nSPS) is 11.5. The first-order chi connectivity index (χ1) is 9.75. The Morgan fingerprint density at radius 3 is 2.62 bits per heavy atom. The maximum absolute atomic E-state index is 12.3. The van der Waals surface area contributed by atoms with Gasteiger partial charge in [0.15, 0.2) is 0 Å². The van der Waals surface area contributed by atoms with E-state index in [1.54, 1.807) is 19.1 Å². The van der Waals surface area contributed by atoms with Gasteiger partial charge in [0.2, 0.25) is 5.91 Å². The molecule has 0 radical (unpaired) electrons. The summed E-state index contributed by atoms with van der Waals surface area (Å²) in [6.45, 7) is 0.167. The molecule has 118 valence electrons. The van der Waals surface area contributed by atoms with Crippen LogP contribution in [0, 0.1) is 0 Å². The smallest absolute Gasteiger partial charge is 0.401 e. The van der Waals surface area contributed by atoms with Crippen molar-refractivity contribution in [3.63, 3.8) is 0 Å². The molecule has 0 atom stereocenters. The molecule has 21 heavy (non-hydrogen) atoms. The van der Waals surface area contributed by atoms with Crippen molar-refractivity contribution < 1.29 is 22.7 Å². The summed E-state index contributed by atoms with van der Waals surface area (Å²) in [5.41, 5.74) is 6.34. The summed E-state index contributed by atoms with van der Waals surface area (Å²) in [4.78, 5) is 12.8. The first-order valence-electron chi connectivity index (χ1n) is 6.27. The summed E-state index contributed by atoms with van der Waals surface area (Å²) >= 11 is 0. The molecule has 0 aliphatic heterocycles. The van der Waals surface area contributed by atoms with Crippen LogP contribution < -0.4 is 15.8 Å². The Kier molecular flexibility index (Phi) is 5.83. The number of alkyl halides is 3. The third-order valence-corrected chi connectivity index (χ3v) is 2.71. The number of nitrogens with two attached hydrogens (primary N) is 1. The van der Waals surface area contributed by atoms with Gasteiger partial charge in [-0.1, -0.05) is 6.92 Å². The van der Waals surface area contributed by atoms with Crippen LogP contribution in [0.25, 0.3) is 0 Å². The summed E-state index contributed by atoms with van der Waals surface area (Å²) in [6.07, 6.45) is -4.34. The molecule has 0 aliphatic rings. The molecule has 5 nitrogen and oxygen atoms in total. The van der Waals surface area contributed by atoms with Gasteiger partial charge in [0, 0.05) is 5.69 Å². The predicted octanol–water partition coefficient (Wildman–Crippen LogP) is 2.10. The van der Waals surface area contributed by atoms with Crippen molar-refractivity contribution in [2.75, 3.05) is 37.8 Å². The fourth-order valence-corrected chi connectivity index (χ4v) is 1.75. The highest BCUT2D eigenvalue weighted by atomic mass is 19.4. The molecule has 0 bridgehead atoms. The van der Waals surface area contributed by atoms with Crippen molar-refractivity contribution in [1.29, 1.82) is 0 Å². The fourth-order valence-electron chi connectivity index (χ4n) is 1.75. The maximum Gasteiger partial charge on any atom is 0.401 e. The lowest BCUT2D eigenvalue weighted by atomic mass is 10.2. The minimum absolute atomic E-state index is 0.112. The Bertz CT molecular complexity index is 492. The van der Waals surface area contributed by atoms with Crippen molar-refractivity contribution >= 4 is 17.3 Å². The van der Waals surface area contributed by atoms with Gasteiger partial charge in [0.05, 0.1) is 25.9 Å². The van der Waals surface area contributed by atoms with E-state index in [2.05, 4.69) is 5.32 Å². The summed E-state index contributed by atoms with van der Waals surface area (Å²) in [6, 6.07) is 4.64. The molecule has 0 unspecified atom stereocenters. The van der Waals surface area contributed by atoms with Gasteiger partial charge in [-0.2, -0.15) is 13.2 Å². The van der Waals surface area contributed by atoms with Gasteiger partial charge in [0.1, 0.15) is 5.75 Å². The molecular formula is C13H18F3N3O2. The standard InChI is InChI=1S/C13H18F3N3O2/c1-3-19(8-13(14,15)16)7-12(20)18-10-6-9(17)4-5-11(10)21-2/h4-6H,3,7-8,17H2,1-2H3,(H,18,20). The highest BCUT2D eigenvalue weighted by Gasteiger charge is 2.30. The molecule has 1 aromatic rings. The van der Waals surface area contributed by atoms with E-state index >= 15 is 0 Å². The zero-order chi connectivity index (χ0) is 16.0. The summed E-state index contributed by atoms with van der Waals surface area (Å²) in [5.74, 6) is -0.179. The number of ether oxygens (including phenoxy) is 1. The zero-order valence-corrected chi connectivity index (χ0v) is 11.8. The molecular weight excluding hydrogens is 287 g/mol. The number of anilines is 2. The molecule has 0 aliphatic carbocycles. The number of nitrogen functional groups attached to an aromatic ring is 1. The number of hydrogen-bond acceptors (Lipinski definition) is 4. The largest absolute Gasteiger partial charge is 0.495 e. The van der Waals surface area contributed by atoms with Crippen LogP contribution in [0.3, 0.4) is 0 Å². The summed E-state index contributed by atoms with van der Waals surface area (Å²) in [5, 5.41) is 2.50. The number of benzene rings is 1. The predicted molar refractivity (Wildman–Crippen MR) is 74.2 cm³/mol. The Morgan fingerprint density at radius 2 is 2.10 bits per heavy atom. The third-order valence-electron chi connectivity index (χ3n) is 2.71. The van der Waals surface area contributed by atoms with Crippen LogP contribution in [0.4, 0.5) is 24.5 Å². The second-order valence-corrected chi connectivity index (χ2v) is 4.43. The first kappa shape index (κ1) is 17.1. The van der Waals surface area contributed by atoms with Crippen LogP contribution in [0.15, 0.2) is 18.2 Å². The minimum Gasteiger partial charge on any atom is -0.495 e. The van der Waals surface area contributed by atoms with E-state index < -0.39 is 18.6 Å². The number of methoxy groups -OCH3 is 1. The van der Waals surface area contributed by atoms with E-state index in [9.17, 15) is 18.0 Å². The number of hydrogen-bond donors (Lipinski definition) is 2. The second kappa shape index (κ2) is 7.16. The quantitative estimate of drug-likeness (QED) is 0.790. The van der Waals surface area contributed by atoms with Crippen molar-refractivity contribution in [2.24, 2.45) is 0 Å². The zero-order valence-electron chi connectivity index (χ0n) is 11.8. The van der Waals surface area contributed by atoms with E-state index in [0.717, 1.165) is 4.90 Å². The number of amides is 1. The lowest BCUT2D eigenvalue weighted by molar-refractivity contribution is -0.147. The molecule has 0 spiro atoms. The van der Waals surface area contributed by atoms with Crippen LogP contribution in [-0.4, -0.2) is 43.7 Å². The first-order valence-corrected chi connectivity index (χ1v) is 6.27. The summed E-state index contributed by atoms with van der Waals surface area (Å²) < 4.78 is 42.0. The van der Waals surface area contributed by atoms with Gasteiger partial charge < -0.3 is 15.8 Å². The average Bonchev–Trinajstić information content (AvgIpc) is 2.36. The van der Waals surface area contributed by atoms with E-state index in [4.69, 9.17) is 10.5 Å². The lowest BCUT2D eigenvalue weighted by Crippen LogP contribution is -2.39. The number of likely N-dealkylation sites (N-methyl/N-ethyl adjacent to an activating group) is 1. The van der Waals surface area contributed by atoms with Crippen LogP contribution in [0.2, 0.25) is 0 Å². The van der Waals surface area contributed by atoms with Gasteiger partial charge in [-0.05, 0) is 24.7 Å². The van der Waals surface area contributed by atoms with Gasteiger partial charge in [-0.15, -0.1) is 0 Å². The van der Waals surface area contributed by atoms with Crippen LogP contribution in [0.1, 0.15) is 6.92 Å². The van der Waals surface area contributed by atoms with Crippen LogP contribution in [-0.2, 0) is 4.79 Å². The van der Waals surface area contributed by atoms with Crippen molar-refractivity contribution in [3.8, 4) is 5.75 Å². The molecule has 8 heteroatoms. The second-order valence-electron chi connectivity index (χ2n) is 4.43. The van der Waals surface area contributed by atoms with Crippen molar-refractivity contribution in [3.05, 3.63) is 18.2 Å². The molecule has 0 saturated carbocycles. The van der Waals surface area contributed by atoms with E-state index in [1.165, 1.54) is 13.2 Å². The van der Waals surface area contributed by atoms with Gasteiger partial charge in [-0.25, -0.2) is 0 Å². The highest BCUT2D eigenvalue weighted by molar-refractivity contribution is 5.94. The van der Waals surface area contributed by atoms with E-state index in [1.807, 2.05) is 0 Å². The number of rotatable bonds is 6. The van der Waals surface area contributed by atoms with Crippen LogP contribution in [0.5, 0.6) is 5.75 Å². The van der Waals surface area contributed by atoms with Crippen molar-refractivity contribution in [1.82, 2.24) is 4.90 Å². The number of carbonyl (C=O) groups excluding carboxylic acids is 1. The van der Waals surface area contributed by atoms with Crippen LogP contribution >= 0.6 is 0 Å². The molecule has 0 saturated heterocycles. The Labute approximate surface area is 120 Å².